The maximum atomic E-state index is 8.64. The van der Waals surface area contributed by atoms with Crippen molar-refractivity contribution in [3.8, 4) is 6.07 Å². The van der Waals surface area contributed by atoms with Gasteiger partial charge in [-0.15, -0.1) is 0 Å². The van der Waals surface area contributed by atoms with E-state index in [1.807, 2.05) is 6.92 Å². The van der Waals surface area contributed by atoms with Crippen LogP contribution in [0.3, 0.4) is 0 Å². The molecule has 1 heterocycles. The fourth-order valence-electron chi connectivity index (χ4n) is 2.71. The fraction of sp³-hybridized carbons (Fsp3) is 0.786. The molecule has 1 aliphatic rings. The van der Waals surface area contributed by atoms with Crippen LogP contribution in [-0.2, 0) is 6.42 Å². The highest BCUT2D eigenvalue weighted by molar-refractivity contribution is 4.98. The molecule has 18 heavy (non-hydrogen) atoms. The Balaban J connectivity index is 1.95. The molecular weight excluding hydrogens is 226 g/mol. The highest BCUT2D eigenvalue weighted by Gasteiger charge is 2.24. The molecule has 4 heteroatoms. The van der Waals surface area contributed by atoms with Gasteiger partial charge >= 0.3 is 0 Å². The van der Waals surface area contributed by atoms with Gasteiger partial charge < -0.3 is 4.52 Å². The van der Waals surface area contributed by atoms with E-state index in [1.54, 1.807) is 0 Å². The van der Waals surface area contributed by atoms with E-state index < -0.39 is 0 Å². The van der Waals surface area contributed by atoms with Gasteiger partial charge in [-0.3, -0.25) is 0 Å². The quantitative estimate of drug-likeness (QED) is 0.817. The van der Waals surface area contributed by atoms with Crippen molar-refractivity contribution in [1.82, 2.24) is 10.1 Å². The first-order valence-electron chi connectivity index (χ1n) is 6.88. The summed E-state index contributed by atoms with van der Waals surface area (Å²) in [7, 11) is 0. The zero-order valence-corrected chi connectivity index (χ0v) is 11.2. The molecule has 2 rings (SSSR count). The van der Waals surface area contributed by atoms with Crippen molar-refractivity contribution in [2.45, 2.75) is 58.3 Å². The van der Waals surface area contributed by atoms with Crippen molar-refractivity contribution in [2.75, 3.05) is 0 Å². The first kappa shape index (κ1) is 13.1. The predicted octanol–water partition coefficient (Wildman–Crippen LogP) is 3.46. The molecule has 1 aromatic rings. The molecule has 98 valence electrons. The summed E-state index contributed by atoms with van der Waals surface area (Å²) in [5, 5.41) is 12.8. The first-order valence-corrected chi connectivity index (χ1v) is 6.88. The lowest BCUT2D eigenvalue weighted by Gasteiger charge is -2.23. The molecule has 1 aliphatic carbocycles. The third kappa shape index (κ3) is 3.32. The molecule has 3 unspecified atom stereocenters. The molecule has 0 saturated heterocycles. The fourth-order valence-corrected chi connectivity index (χ4v) is 2.71. The minimum Gasteiger partial charge on any atom is -0.339 e. The second-order valence-electron chi connectivity index (χ2n) is 5.69. The smallest absolute Gasteiger partial charge is 0.226 e. The maximum absolute atomic E-state index is 8.64. The van der Waals surface area contributed by atoms with Crippen molar-refractivity contribution in [3.05, 3.63) is 11.7 Å². The van der Waals surface area contributed by atoms with Crippen LogP contribution in [0.2, 0.25) is 0 Å². The number of hydrogen-bond acceptors (Lipinski definition) is 4. The minimum absolute atomic E-state index is 0.286. The molecule has 0 radical (unpaired) electrons. The van der Waals surface area contributed by atoms with Gasteiger partial charge in [-0.2, -0.15) is 10.2 Å². The summed E-state index contributed by atoms with van der Waals surface area (Å²) in [5.41, 5.74) is 0. The number of rotatable bonds is 4. The standard InChI is InChI=1S/C14H21N3O/c1-10-4-3-5-12(8-10)14-16-13(18-17-14)9-11(2)6-7-15/h10-12H,3-6,8-9H2,1-2H3. The van der Waals surface area contributed by atoms with Crippen LogP contribution >= 0.6 is 0 Å². The van der Waals surface area contributed by atoms with Gasteiger partial charge in [0.15, 0.2) is 5.82 Å². The Morgan fingerprint density at radius 1 is 1.50 bits per heavy atom. The minimum atomic E-state index is 0.286. The summed E-state index contributed by atoms with van der Waals surface area (Å²) in [4.78, 5) is 4.50. The normalized spacial score (nSPS) is 25.6. The largest absolute Gasteiger partial charge is 0.339 e. The molecule has 0 N–H and O–H groups in total. The van der Waals surface area contributed by atoms with Gasteiger partial charge in [0.1, 0.15) is 0 Å². The van der Waals surface area contributed by atoms with Gasteiger partial charge in [-0.25, -0.2) is 0 Å². The number of hydrogen-bond donors (Lipinski definition) is 0. The van der Waals surface area contributed by atoms with Crippen LogP contribution in [0.15, 0.2) is 4.52 Å². The first-order chi connectivity index (χ1) is 8.69. The Labute approximate surface area is 108 Å². The Bertz CT molecular complexity index is 421. The average molecular weight is 247 g/mol. The van der Waals surface area contributed by atoms with Crippen LogP contribution in [0, 0.1) is 23.2 Å². The maximum Gasteiger partial charge on any atom is 0.226 e. The van der Waals surface area contributed by atoms with E-state index in [0.29, 0.717) is 24.7 Å². The average Bonchev–Trinajstić information content (AvgIpc) is 2.78. The summed E-state index contributed by atoms with van der Waals surface area (Å²) in [6.45, 7) is 4.33. The van der Waals surface area contributed by atoms with Crippen molar-refractivity contribution in [3.63, 3.8) is 0 Å². The van der Waals surface area contributed by atoms with Crippen molar-refractivity contribution in [1.29, 1.82) is 5.26 Å². The summed E-state index contributed by atoms with van der Waals surface area (Å²) in [6, 6.07) is 2.17. The molecule has 0 bridgehead atoms. The van der Waals surface area contributed by atoms with E-state index in [4.69, 9.17) is 9.78 Å². The Morgan fingerprint density at radius 2 is 2.33 bits per heavy atom. The van der Waals surface area contributed by atoms with Gasteiger partial charge in [-0.05, 0) is 24.7 Å². The molecule has 0 spiro atoms. The van der Waals surface area contributed by atoms with Crippen molar-refractivity contribution < 1.29 is 4.52 Å². The van der Waals surface area contributed by atoms with Crippen LogP contribution in [0.4, 0.5) is 0 Å². The number of nitrogens with zero attached hydrogens (tertiary/aromatic N) is 3. The van der Waals surface area contributed by atoms with Crippen molar-refractivity contribution >= 4 is 0 Å². The molecule has 4 nitrogen and oxygen atoms in total. The second kappa shape index (κ2) is 5.99. The lowest BCUT2D eigenvalue weighted by molar-refractivity contribution is 0.317. The molecule has 0 amide bonds. The lowest BCUT2D eigenvalue weighted by Crippen LogP contribution is -2.13. The van der Waals surface area contributed by atoms with Crippen molar-refractivity contribution in [2.24, 2.45) is 11.8 Å². The van der Waals surface area contributed by atoms with Gasteiger partial charge in [0, 0.05) is 18.8 Å². The summed E-state index contributed by atoms with van der Waals surface area (Å²) in [6.07, 6.45) is 6.19. The van der Waals surface area contributed by atoms with Gasteiger partial charge in [0.2, 0.25) is 5.89 Å². The second-order valence-corrected chi connectivity index (χ2v) is 5.69. The summed E-state index contributed by atoms with van der Waals surface area (Å²) < 4.78 is 5.30. The van der Waals surface area contributed by atoms with Gasteiger partial charge in [0.25, 0.3) is 0 Å². The number of aromatic nitrogens is 2. The van der Waals surface area contributed by atoms with Crippen LogP contribution in [0.25, 0.3) is 0 Å². The third-order valence-electron chi connectivity index (χ3n) is 3.75. The van der Waals surface area contributed by atoms with E-state index >= 15 is 0 Å². The predicted molar refractivity (Wildman–Crippen MR) is 67.8 cm³/mol. The highest BCUT2D eigenvalue weighted by atomic mass is 16.5. The van der Waals surface area contributed by atoms with E-state index in [9.17, 15) is 0 Å². The summed E-state index contributed by atoms with van der Waals surface area (Å²) in [5.74, 6) is 3.08. The van der Waals surface area contributed by atoms with Crippen LogP contribution < -0.4 is 0 Å². The van der Waals surface area contributed by atoms with Crippen LogP contribution in [-0.4, -0.2) is 10.1 Å². The zero-order chi connectivity index (χ0) is 13.0. The zero-order valence-electron chi connectivity index (χ0n) is 11.2. The third-order valence-corrected chi connectivity index (χ3v) is 3.75. The van der Waals surface area contributed by atoms with E-state index in [1.165, 1.54) is 25.7 Å². The molecule has 0 aliphatic heterocycles. The van der Waals surface area contributed by atoms with Crippen LogP contribution in [0.1, 0.15) is 63.6 Å². The van der Waals surface area contributed by atoms with Gasteiger partial charge in [0.05, 0.1) is 6.07 Å². The molecule has 3 atom stereocenters. The molecular formula is C14H21N3O. The molecule has 1 aromatic heterocycles. The van der Waals surface area contributed by atoms with E-state index in [-0.39, 0.29) is 5.92 Å². The van der Waals surface area contributed by atoms with E-state index in [2.05, 4.69) is 23.1 Å². The highest BCUT2D eigenvalue weighted by Crippen LogP contribution is 2.34. The Hall–Kier alpha value is -1.37. The topological polar surface area (TPSA) is 62.7 Å². The lowest BCUT2D eigenvalue weighted by atomic mass is 9.82. The Morgan fingerprint density at radius 3 is 3.06 bits per heavy atom. The molecule has 1 saturated carbocycles. The molecule has 1 fully saturated rings. The molecule has 0 aromatic carbocycles. The number of nitriles is 1. The Kier molecular flexibility index (Phi) is 4.35. The van der Waals surface area contributed by atoms with Gasteiger partial charge in [-0.1, -0.05) is 31.8 Å². The van der Waals surface area contributed by atoms with E-state index in [0.717, 1.165) is 11.7 Å². The SMILES string of the molecule is CC(CC#N)Cc1nc(C2CCCC(C)C2)no1. The summed E-state index contributed by atoms with van der Waals surface area (Å²) >= 11 is 0. The monoisotopic (exact) mass is 247 g/mol. The van der Waals surface area contributed by atoms with Crippen LogP contribution in [0.5, 0.6) is 0 Å².